The monoisotopic (exact) mass is 269 g/mol. The molecular weight excluding hydrogens is 260 g/mol. The number of anilines is 2. The van der Waals surface area contributed by atoms with Crippen LogP contribution in [0.25, 0.3) is 0 Å². The lowest BCUT2D eigenvalue weighted by molar-refractivity contribution is 0.102. The zero-order valence-electron chi connectivity index (χ0n) is 9.33. The highest BCUT2D eigenvalue weighted by atomic mass is 32.1. The van der Waals surface area contributed by atoms with Crippen molar-refractivity contribution >= 4 is 28.6 Å². The molecule has 7 heteroatoms. The van der Waals surface area contributed by atoms with Gasteiger partial charge in [0.15, 0.2) is 11.6 Å². The van der Waals surface area contributed by atoms with Crippen molar-refractivity contribution in [3.63, 3.8) is 0 Å². The van der Waals surface area contributed by atoms with Gasteiger partial charge in [-0.3, -0.25) is 4.79 Å². The SMILES string of the molecule is Cc1nc(C(=O)Nc2c(N)ccc(F)c2F)cs1. The quantitative estimate of drug-likeness (QED) is 0.823. The van der Waals surface area contributed by atoms with Gasteiger partial charge in [0.25, 0.3) is 5.91 Å². The van der Waals surface area contributed by atoms with E-state index in [1.807, 2.05) is 0 Å². The van der Waals surface area contributed by atoms with E-state index in [-0.39, 0.29) is 17.1 Å². The molecule has 1 aromatic heterocycles. The zero-order chi connectivity index (χ0) is 13.3. The van der Waals surface area contributed by atoms with E-state index in [4.69, 9.17) is 5.73 Å². The Labute approximate surface area is 105 Å². The summed E-state index contributed by atoms with van der Waals surface area (Å²) in [7, 11) is 0. The van der Waals surface area contributed by atoms with E-state index in [1.165, 1.54) is 22.8 Å². The molecule has 3 N–H and O–H groups in total. The first kappa shape index (κ1) is 12.4. The molecule has 0 fully saturated rings. The molecule has 0 bridgehead atoms. The number of halogens is 2. The Morgan fingerprint density at radius 2 is 2.17 bits per heavy atom. The molecular formula is C11H9F2N3OS. The van der Waals surface area contributed by atoms with Crippen LogP contribution >= 0.6 is 11.3 Å². The van der Waals surface area contributed by atoms with E-state index >= 15 is 0 Å². The van der Waals surface area contributed by atoms with Gasteiger partial charge < -0.3 is 11.1 Å². The summed E-state index contributed by atoms with van der Waals surface area (Å²) in [5, 5.41) is 4.44. The van der Waals surface area contributed by atoms with Crippen LogP contribution in [0.2, 0.25) is 0 Å². The number of nitrogen functional groups attached to an aromatic ring is 1. The van der Waals surface area contributed by atoms with Crippen molar-refractivity contribution in [2.45, 2.75) is 6.92 Å². The topological polar surface area (TPSA) is 68.0 Å². The van der Waals surface area contributed by atoms with Crippen LogP contribution in [-0.4, -0.2) is 10.9 Å². The molecule has 0 saturated carbocycles. The molecule has 2 aromatic rings. The van der Waals surface area contributed by atoms with Crippen LogP contribution < -0.4 is 11.1 Å². The number of aromatic nitrogens is 1. The number of nitrogens with two attached hydrogens (primary N) is 1. The largest absolute Gasteiger partial charge is 0.397 e. The number of nitrogens with zero attached hydrogens (tertiary/aromatic N) is 1. The van der Waals surface area contributed by atoms with Gasteiger partial charge in [0, 0.05) is 5.38 Å². The maximum absolute atomic E-state index is 13.5. The second-order valence-electron chi connectivity index (χ2n) is 3.53. The van der Waals surface area contributed by atoms with Crippen molar-refractivity contribution < 1.29 is 13.6 Å². The van der Waals surface area contributed by atoms with Crippen molar-refractivity contribution in [3.05, 3.63) is 39.8 Å². The normalized spacial score (nSPS) is 10.4. The Morgan fingerprint density at radius 1 is 1.44 bits per heavy atom. The highest BCUT2D eigenvalue weighted by Crippen LogP contribution is 2.25. The average Bonchev–Trinajstić information content (AvgIpc) is 2.76. The summed E-state index contributed by atoms with van der Waals surface area (Å²) in [6.45, 7) is 1.73. The summed E-state index contributed by atoms with van der Waals surface area (Å²) in [5.74, 6) is -2.89. The molecule has 18 heavy (non-hydrogen) atoms. The van der Waals surface area contributed by atoms with Crippen LogP contribution in [0.1, 0.15) is 15.5 Å². The third-order valence-electron chi connectivity index (χ3n) is 2.22. The van der Waals surface area contributed by atoms with Gasteiger partial charge in [0.2, 0.25) is 0 Å². The van der Waals surface area contributed by atoms with Crippen molar-refractivity contribution in [1.82, 2.24) is 4.98 Å². The van der Waals surface area contributed by atoms with E-state index in [0.29, 0.717) is 5.01 Å². The number of aryl methyl sites for hydroxylation is 1. The van der Waals surface area contributed by atoms with Gasteiger partial charge in [0.1, 0.15) is 11.4 Å². The molecule has 2 rings (SSSR count). The number of hydrogen-bond acceptors (Lipinski definition) is 4. The fourth-order valence-electron chi connectivity index (χ4n) is 1.34. The second-order valence-corrected chi connectivity index (χ2v) is 4.59. The van der Waals surface area contributed by atoms with Crippen LogP contribution in [-0.2, 0) is 0 Å². The van der Waals surface area contributed by atoms with E-state index < -0.39 is 17.5 Å². The lowest BCUT2D eigenvalue weighted by Crippen LogP contribution is -2.15. The van der Waals surface area contributed by atoms with Crippen LogP contribution in [0.15, 0.2) is 17.5 Å². The van der Waals surface area contributed by atoms with E-state index in [0.717, 1.165) is 6.07 Å². The van der Waals surface area contributed by atoms with E-state index in [2.05, 4.69) is 10.3 Å². The molecule has 0 saturated heterocycles. The first-order valence-corrected chi connectivity index (χ1v) is 5.84. The fraction of sp³-hybridized carbons (Fsp3) is 0.0909. The van der Waals surface area contributed by atoms with E-state index in [1.54, 1.807) is 6.92 Å². The predicted octanol–water partition coefficient (Wildman–Crippen LogP) is 2.56. The summed E-state index contributed by atoms with van der Waals surface area (Å²) < 4.78 is 26.5. The molecule has 0 spiro atoms. The number of carbonyl (C=O) groups is 1. The third kappa shape index (κ3) is 2.30. The summed E-state index contributed by atoms with van der Waals surface area (Å²) >= 11 is 1.28. The Balaban J connectivity index is 2.30. The maximum atomic E-state index is 13.5. The molecule has 0 aliphatic carbocycles. The van der Waals surface area contributed by atoms with Gasteiger partial charge in [0.05, 0.1) is 10.7 Å². The molecule has 0 aliphatic rings. The van der Waals surface area contributed by atoms with Crippen LogP contribution in [0.5, 0.6) is 0 Å². The number of carbonyl (C=O) groups excluding carboxylic acids is 1. The minimum Gasteiger partial charge on any atom is -0.397 e. The zero-order valence-corrected chi connectivity index (χ0v) is 10.1. The van der Waals surface area contributed by atoms with Gasteiger partial charge >= 0.3 is 0 Å². The van der Waals surface area contributed by atoms with E-state index in [9.17, 15) is 13.6 Å². The van der Waals surface area contributed by atoms with Crippen LogP contribution in [0.4, 0.5) is 20.2 Å². The number of thiazole rings is 1. The minimum absolute atomic E-state index is 0.0470. The molecule has 0 aliphatic heterocycles. The van der Waals surface area contributed by atoms with Crippen molar-refractivity contribution in [3.8, 4) is 0 Å². The highest BCUT2D eigenvalue weighted by Gasteiger charge is 2.16. The lowest BCUT2D eigenvalue weighted by Gasteiger charge is -2.08. The van der Waals surface area contributed by atoms with Gasteiger partial charge in [-0.25, -0.2) is 13.8 Å². The number of hydrogen-bond donors (Lipinski definition) is 2. The molecule has 1 heterocycles. The average molecular weight is 269 g/mol. The summed E-state index contributed by atoms with van der Waals surface area (Å²) in [5.41, 5.74) is 5.21. The molecule has 4 nitrogen and oxygen atoms in total. The molecule has 94 valence electrons. The van der Waals surface area contributed by atoms with Gasteiger partial charge in [-0.1, -0.05) is 0 Å². The third-order valence-corrected chi connectivity index (χ3v) is 2.99. The van der Waals surface area contributed by atoms with Gasteiger partial charge in [-0.05, 0) is 19.1 Å². The minimum atomic E-state index is -1.18. The number of rotatable bonds is 2. The molecule has 0 radical (unpaired) electrons. The Kier molecular flexibility index (Phi) is 3.24. The maximum Gasteiger partial charge on any atom is 0.275 e. The van der Waals surface area contributed by atoms with Crippen molar-refractivity contribution in [2.75, 3.05) is 11.1 Å². The van der Waals surface area contributed by atoms with Crippen molar-refractivity contribution in [2.24, 2.45) is 0 Å². The lowest BCUT2D eigenvalue weighted by atomic mass is 10.2. The second kappa shape index (κ2) is 4.69. The van der Waals surface area contributed by atoms with Gasteiger partial charge in [-0.2, -0.15) is 0 Å². The number of amides is 1. The first-order chi connectivity index (χ1) is 8.49. The molecule has 0 unspecified atom stereocenters. The first-order valence-electron chi connectivity index (χ1n) is 4.96. The summed E-state index contributed by atoms with van der Waals surface area (Å²) in [4.78, 5) is 15.7. The molecule has 0 atom stereocenters. The Bertz CT molecular complexity index is 612. The molecule has 1 amide bonds. The van der Waals surface area contributed by atoms with Crippen LogP contribution in [0, 0.1) is 18.6 Å². The predicted molar refractivity (Wildman–Crippen MR) is 65.6 cm³/mol. The Morgan fingerprint density at radius 3 is 2.78 bits per heavy atom. The van der Waals surface area contributed by atoms with Crippen LogP contribution in [0.3, 0.4) is 0 Å². The summed E-state index contributed by atoms with van der Waals surface area (Å²) in [6.07, 6.45) is 0. The Hall–Kier alpha value is -2.02. The van der Waals surface area contributed by atoms with Crippen molar-refractivity contribution in [1.29, 1.82) is 0 Å². The standard InChI is InChI=1S/C11H9F2N3OS/c1-5-15-8(4-18-5)11(17)16-10-7(14)3-2-6(12)9(10)13/h2-4H,14H2,1H3,(H,16,17). The highest BCUT2D eigenvalue weighted by molar-refractivity contribution is 7.09. The van der Waals surface area contributed by atoms with Gasteiger partial charge in [-0.15, -0.1) is 11.3 Å². The molecule has 1 aromatic carbocycles. The summed E-state index contributed by atoms with van der Waals surface area (Å²) in [6, 6.07) is 2.08. The smallest absolute Gasteiger partial charge is 0.275 e. The number of benzene rings is 1. The fourth-order valence-corrected chi connectivity index (χ4v) is 1.93. The number of nitrogens with one attached hydrogen (secondary N) is 1.